The highest BCUT2D eigenvalue weighted by molar-refractivity contribution is 8.26. The molecule has 0 radical (unpaired) electrons. The van der Waals surface area contributed by atoms with Gasteiger partial charge in [0.1, 0.15) is 21.8 Å². The molecule has 8 heteroatoms. The summed E-state index contributed by atoms with van der Waals surface area (Å²) in [4.78, 5) is 30.3. The largest absolute Gasteiger partial charge is 0.357 e. The van der Waals surface area contributed by atoms with Gasteiger partial charge in [0.05, 0.1) is 4.91 Å². The third-order valence-corrected chi connectivity index (χ3v) is 6.67. The Morgan fingerprint density at radius 2 is 1.83 bits per heavy atom. The number of carbonyl (C=O) groups is 1. The van der Waals surface area contributed by atoms with Crippen molar-refractivity contribution in [2.24, 2.45) is 0 Å². The summed E-state index contributed by atoms with van der Waals surface area (Å²) in [7, 11) is 0. The predicted molar refractivity (Wildman–Crippen MR) is 122 cm³/mol. The number of hydrogen-bond acceptors (Lipinski definition) is 6. The van der Waals surface area contributed by atoms with E-state index in [2.05, 4.69) is 11.0 Å². The first kappa shape index (κ1) is 21.6. The van der Waals surface area contributed by atoms with Crippen molar-refractivity contribution in [2.75, 3.05) is 24.5 Å². The second-order valence-corrected chi connectivity index (χ2v) is 9.01. The highest BCUT2D eigenvalue weighted by Gasteiger charge is 2.33. The van der Waals surface area contributed by atoms with Crippen LogP contribution >= 0.6 is 24.0 Å². The normalized spacial score (nSPS) is 18.2. The van der Waals surface area contributed by atoms with E-state index in [4.69, 9.17) is 12.2 Å². The van der Waals surface area contributed by atoms with Crippen LogP contribution < -0.4 is 10.5 Å². The van der Waals surface area contributed by atoms with Gasteiger partial charge in [-0.1, -0.05) is 37.8 Å². The lowest BCUT2D eigenvalue weighted by molar-refractivity contribution is -0.122. The van der Waals surface area contributed by atoms with Gasteiger partial charge in [-0.2, -0.15) is 5.26 Å². The molecule has 2 aliphatic rings. The van der Waals surface area contributed by atoms with E-state index in [1.165, 1.54) is 11.8 Å². The summed E-state index contributed by atoms with van der Waals surface area (Å²) in [5, 5.41) is 9.64. The topological polar surface area (TPSA) is 69.3 Å². The molecule has 0 aromatic carbocycles. The number of hydrogen-bond donors (Lipinski definition) is 0. The molecule has 154 valence electrons. The number of nitrogens with zero attached hydrogens (tertiary/aromatic N) is 4. The second-order valence-electron chi connectivity index (χ2n) is 7.33. The van der Waals surface area contributed by atoms with Crippen molar-refractivity contribution in [1.29, 1.82) is 5.26 Å². The zero-order chi connectivity index (χ0) is 21.1. The van der Waals surface area contributed by atoms with Crippen LogP contribution in [0.4, 0.5) is 5.82 Å². The summed E-state index contributed by atoms with van der Waals surface area (Å²) in [5.74, 6) is 0.729. The highest BCUT2D eigenvalue weighted by atomic mass is 32.2. The molecule has 3 rings (SSSR count). The van der Waals surface area contributed by atoms with Crippen LogP contribution in [0.5, 0.6) is 0 Å². The number of anilines is 1. The van der Waals surface area contributed by atoms with Gasteiger partial charge in [0.15, 0.2) is 0 Å². The minimum Gasteiger partial charge on any atom is -0.357 e. The average Bonchev–Trinajstić information content (AvgIpc) is 3.31. The molecule has 0 unspecified atom stereocenters. The SMILES string of the molecule is CCCN1C(=O)C(=Cc2c(C)c(C#N)c(=O)n(CCC)c2N2CCCC2)SC1=S. The lowest BCUT2D eigenvalue weighted by Crippen LogP contribution is -2.33. The van der Waals surface area contributed by atoms with Gasteiger partial charge in [0.2, 0.25) is 0 Å². The molecule has 0 saturated carbocycles. The maximum Gasteiger partial charge on any atom is 0.270 e. The smallest absolute Gasteiger partial charge is 0.270 e. The monoisotopic (exact) mass is 430 g/mol. The molecule has 0 atom stereocenters. The zero-order valence-electron chi connectivity index (χ0n) is 17.2. The maximum atomic E-state index is 13.0. The van der Waals surface area contributed by atoms with Gasteiger partial charge >= 0.3 is 0 Å². The van der Waals surface area contributed by atoms with Crippen molar-refractivity contribution in [1.82, 2.24) is 9.47 Å². The first-order valence-electron chi connectivity index (χ1n) is 10.1. The number of thioether (sulfide) groups is 1. The molecule has 1 amide bonds. The zero-order valence-corrected chi connectivity index (χ0v) is 18.8. The Bertz CT molecular complexity index is 968. The lowest BCUT2D eigenvalue weighted by Gasteiger charge is -2.26. The molecule has 3 heterocycles. The second kappa shape index (κ2) is 9.14. The number of pyridine rings is 1. The van der Waals surface area contributed by atoms with Gasteiger partial charge in [-0.15, -0.1) is 0 Å². The Balaban J connectivity index is 2.23. The molecular formula is C21H26N4O2S2. The van der Waals surface area contributed by atoms with Gasteiger partial charge in [-0.25, -0.2) is 0 Å². The Labute approximate surface area is 181 Å². The van der Waals surface area contributed by atoms with Gasteiger partial charge in [0.25, 0.3) is 11.5 Å². The van der Waals surface area contributed by atoms with Gasteiger partial charge in [0, 0.05) is 31.7 Å². The summed E-state index contributed by atoms with van der Waals surface area (Å²) in [6.45, 7) is 8.70. The van der Waals surface area contributed by atoms with E-state index in [1.807, 2.05) is 19.9 Å². The highest BCUT2D eigenvalue weighted by Crippen LogP contribution is 2.36. The van der Waals surface area contributed by atoms with E-state index in [-0.39, 0.29) is 17.0 Å². The molecule has 1 aromatic heterocycles. The standard InChI is InChI=1S/C21H26N4O2S2/c1-4-8-24-18(23-10-6-7-11-23)15(14(3)16(13-22)19(24)26)12-17-20(27)25(9-5-2)21(28)29-17/h12H,4-11H2,1-3H3. The average molecular weight is 431 g/mol. The van der Waals surface area contributed by atoms with Crippen molar-refractivity contribution in [3.8, 4) is 6.07 Å². The third kappa shape index (κ3) is 3.99. The Hall–Kier alpha value is -2.11. The minimum absolute atomic E-state index is 0.0969. The fourth-order valence-corrected chi connectivity index (χ4v) is 5.18. The predicted octanol–water partition coefficient (Wildman–Crippen LogP) is 3.65. The number of aromatic nitrogens is 1. The van der Waals surface area contributed by atoms with E-state index in [9.17, 15) is 14.9 Å². The van der Waals surface area contributed by atoms with Gasteiger partial charge in [-0.3, -0.25) is 19.1 Å². The number of thiocarbonyl (C=S) groups is 1. The van der Waals surface area contributed by atoms with Crippen LogP contribution in [-0.4, -0.2) is 39.3 Å². The number of nitriles is 1. The Morgan fingerprint density at radius 3 is 2.41 bits per heavy atom. The van der Waals surface area contributed by atoms with Crippen LogP contribution in [0.1, 0.15) is 56.2 Å². The van der Waals surface area contributed by atoms with E-state index < -0.39 is 0 Å². The van der Waals surface area contributed by atoms with E-state index in [0.717, 1.165) is 50.2 Å². The van der Waals surface area contributed by atoms with Crippen LogP contribution in [0.15, 0.2) is 9.70 Å². The molecule has 0 bridgehead atoms. The van der Waals surface area contributed by atoms with E-state index in [0.29, 0.717) is 27.9 Å². The summed E-state index contributed by atoms with van der Waals surface area (Å²) in [6, 6.07) is 2.09. The molecule has 2 aliphatic heterocycles. The van der Waals surface area contributed by atoms with Crippen LogP contribution in [0.2, 0.25) is 0 Å². The van der Waals surface area contributed by atoms with Crippen LogP contribution in [-0.2, 0) is 11.3 Å². The summed E-state index contributed by atoms with van der Waals surface area (Å²) >= 11 is 6.69. The van der Waals surface area contributed by atoms with Crippen molar-refractivity contribution in [3.63, 3.8) is 0 Å². The minimum atomic E-state index is -0.246. The van der Waals surface area contributed by atoms with Crippen LogP contribution in [0.3, 0.4) is 0 Å². The maximum absolute atomic E-state index is 13.0. The first-order chi connectivity index (χ1) is 13.9. The molecule has 0 N–H and O–H groups in total. The van der Waals surface area contributed by atoms with Crippen molar-refractivity contribution >= 4 is 46.1 Å². The van der Waals surface area contributed by atoms with Gasteiger partial charge in [-0.05, 0) is 44.2 Å². The molecule has 2 saturated heterocycles. The number of amides is 1. The number of carbonyl (C=O) groups excluding carboxylic acids is 1. The first-order valence-corrected chi connectivity index (χ1v) is 11.3. The molecule has 1 aromatic rings. The molecule has 0 aliphatic carbocycles. The summed E-state index contributed by atoms with van der Waals surface area (Å²) in [6.07, 6.45) is 5.59. The molecule has 29 heavy (non-hydrogen) atoms. The fourth-order valence-electron chi connectivity index (χ4n) is 3.89. The van der Waals surface area contributed by atoms with E-state index in [1.54, 1.807) is 16.4 Å². The Morgan fingerprint density at radius 1 is 1.17 bits per heavy atom. The summed E-state index contributed by atoms with van der Waals surface area (Å²) in [5.41, 5.74) is 1.32. The quantitative estimate of drug-likeness (QED) is 0.507. The molecule has 6 nitrogen and oxygen atoms in total. The van der Waals surface area contributed by atoms with Crippen molar-refractivity contribution < 1.29 is 4.79 Å². The van der Waals surface area contributed by atoms with Crippen LogP contribution in [0.25, 0.3) is 6.08 Å². The molecule has 0 spiro atoms. The third-order valence-electron chi connectivity index (χ3n) is 5.30. The van der Waals surface area contributed by atoms with Crippen molar-refractivity contribution in [3.05, 3.63) is 31.9 Å². The number of rotatable bonds is 6. The fraction of sp³-hybridized carbons (Fsp3) is 0.524. The van der Waals surface area contributed by atoms with E-state index >= 15 is 0 Å². The Kier molecular flexibility index (Phi) is 6.81. The molecule has 2 fully saturated rings. The van der Waals surface area contributed by atoms with Crippen molar-refractivity contribution in [2.45, 2.75) is 53.0 Å². The molecular weight excluding hydrogens is 404 g/mol. The lowest BCUT2D eigenvalue weighted by atomic mass is 10.0. The van der Waals surface area contributed by atoms with Gasteiger partial charge < -0.3 is 4.90 Å². The van der Waals surface area contributed by atoms with Crippen LogP contribution in [0, 0.1) is 18.3 Å². The summed E-state index contributed by atoms with van der Waals surface area (Å²) < 4.78 is 2.28.